The van der Waals surface area contributed by atoms with E-state index in [1.54, 1.807) is 18.5 Å². The minimum atomic E-state index is -2.49. The Balaban J connectivity index is 1.61. The molecule has 1 aliphatic heterocycles. The molecule has 0 amide bonds. The summed E-state index contributed by atoms with van der Waals surface area (Å²) in [7, 11) is 0. The third-order valence-electron chi connectivity index (χ3n) is 7.48. The molecule has 41 heavy (non-hydrogen) atoms. The van der Waals surface area contributed by atoms with Gasteiger partial charge < -0.3 is 16.1 Å². The Hall–Kier alpha value is -4.41. The van der Waals surface area contributed by atoms with Gasteiger partial charge in [-0.05, 0) is 50.3 Å². The molecular weight excluding hydrogens is 522 g/mol. The molecule has 212 valence electrons. The Labute approximate surface area is 239 Å². The largest absolute Gasteiger partial charge is 0.383 e. The number of aryl methyl sites for hydroxylation is 2. The predicted molar refractivity (Wildman–Crippen MR) is 157 cm³/mol. The summed E-state index contributed by atoms with van der Waals surface area (Å²) in [5.41, 5.74) is 10.8. The van der Waals surface area contributed by atoms with Gasteiger partial charge in [0.25, 0.3) is 6.43 Å². The second kappa shape index (κ2) is 10.5. The molecule has 8 nitrogen and oxygen atoms in total. The summed E-state index contributed by atoms with van der Waals surface area (Å²) in [6.45, 7) is 10.8. The van der Waals surface area contributed by atoms with E-state index in [4.69, 9.17) is 6.42 Å². The zero-order valence-corrected chi connectivity index (χ0v) is 23.9. The minimum Gasteiger partial charge on any atom is -0.383 e. The van der Waals surface area contributed by atoms with Gasteiger partial charge in [0.05, 0.1) is 34.1 Å². The molecule has 1 fully saturated rings. The van der Waals surface area contributed by atoms with Gasteiger partial charge in [-0.15, -0.1) is 12.0 Å². The first-order valence-corrected chi connectivity index (χ1v) is 13.5. The average molecular weight is 557 g/mol. The predicted octanol–water partition coefficient (Wildman–Crippen LogP) is 5.67. The monoisotopic (exact) mass is 556 g/mol. The van der Waals surface area contributed by atoms with Crippen molar-refractivity contribution < 1.29 is 8.78 Å². The Bertz CT molecular complexity index is 1610. The number of rotatable bonds is 8. The topological polar surface area (TPSA) is 101 Å². The Morgan fingerprint density at radius 1 is 1.20 bits per heavy atom. The number of benzene rings is 1. The highest BCUT2D eigenvalue weighted by Crippen LogP contribution is 2.47. The average Bonchev–Trinajstić information content (AvgIpc) is 3.60. The van der Waals surface area contributed by atoms with E-state index in [0.717, 1.165) is 22.6 Å². The van der Waals surface area contributed by atoms with Crippen molar-refractivity contribution in [1.82, 2.24) is 25.9 Å². The van der Waals surface area contributed by atoms with Crippen LogP contribution in [0.25, 0.3) is 10.9 Å². The van der Waals surface area contributed by atoms with Gasteiger partial charge in [0.1, 0.15) is 11.6 Å². The molecule has 4 N–H and O–H groups in total. The number of hydrogen-bond donors (Lipinski definition) is 4. The summed E-state index contributed by atoms with van der Waals surface area (Å²) >= 11 is 0. The summed E-state index contributed by atoms with van der Waals surface area (Å²) in [4.78, 5) is 9.15. The van der Waals surface area contributed by atoms with Crippen molar-refractivity contribution in [2.75, 3.05) is 17.2 Å². The maximum absolute atomic E-state index is 13.9. The molecule has 0 spiro atoms. The second-order valence-corrected chi connectivity index (χ2v) is 11.9. The maximum atomic E-state index is 13.9. The van der Waals surface area contributed by atoms with E-state index in [0.29, 0.717) is 52.8 Å². The Kier molecular flexibility index (Phi) is 7.23. The number of pyridine rings is 2. The van der Waals surface area contributed by atoms with Crippen LogP contribution in [0.3, 0.4) is 0 Å². The number of hydrazine groups is 2. The van der Waals surface area contributed by atoms with Crippen molar-refractivity contribution in [3.05, 3.63) is 70.4 Å². The second-order valence-electron chi connectivity index (χ2n) is 11.9. The van der Waals surface area contributed by atoms with E-state index < -0.39 is 18.0 Å². The molecule has 0 saturated heterocycles. The SMILES string of the molecule is C#Cc1cnc2c(C#N)cc(N[C@H](C3=CN(C4(C(F)F)CC4)NN3)c3ccc(C)nc3C)cc2c1NCC(C)(C)C. The van der Waals surface area contributed by atoms with E-state index in [2.05, 4.69) is 64.3 Å². The fraction of sp³-hybridized carbons (Fsp3) is 0.387. The summed E-state index contributed by atoms with van der Waals surface area (Å²) < 4.78 is 27.8. The summed E-state index contributed by atoms with van der Waals surface area (Å²) in [5.74, 6) is 2.71. The van der Waals surface area contributed by atoms with E-state index >= 15 is 0 Å². The summed E-state index contributed by atoms with van der Waals surface area (Å²) in [5, 5.41) is 19.3. The van der Waals surface area contributed by atoms with Crippen molar-refractivity contribution in [2.24, 2.45) is 5.41 Å². The van der Waals surface area contributed by atoms with Crippen LogP contribution >= 0.6 is 0 Å². The van der Waals surface area contributed by atoms with Crippen LogP contribution in [0, 0.1) is 42.9 Å². The number of fused-ring (bicyclic) bond motifs is 1. The van der Waals surface area contributed by atoms with Crippen molar-refractivity contribution in [1.29, 1.82) is 5.26 Å². The molecular formula is C31H34F2N8. The lowest BCUT2D eigenvalue weighted by atomic mass is 9.96. The highest BCUT2D eigenvalue weighted by atomic mass is 19.3. The van der Waals surface area contributed by atoms with Crippen LogP contribution in [0.4, 0.5) is 20.2 Å². The van der Waals surface area contributed by atoms with Crippen molar-refractivity contribution in [3.8, 4) is 18.4 Å². The molecule has 1 aromatic carbocycles. The van der Waals surface area contributed by atoms with Crippen LogP contribution < -0.4 is 21.6 Å². The van der Waals surface area contributed by atoms with Gasteiger partial charge in [-0.1, -0.05) is 32.8 Å². The minimum absolute atomic E-state index is 0.0208. The first kappa shape index (κ1) is 28.1. The number of alkyl halides is 2. The smallest absolute Gasteiger partial charge is 0.262 e. The normalized spacial score (nSPS) is 16.5. The van der Waals surface area contributed by atoms with Gasteiger partial charge >= 0.3 is 0 Å². The fourth-order valence-electron chi connectivity index (χ4n) is 5.02. The highest BCUT2D eigenvalue weighted by molar-refractivity contribution is 5.99. The molecule has 3 heterocycles. The van der Waals surface area contributed by atoms with Gasteiger partial charge in [-0.2, -0.15) is 5.26 Å². The van der Waals surface area contributed by atoms with Gasteiger partial charge in [-0.25, -0.2) is 8.78 Å². The van der Waals surface area contributed by atoms with Crippen LogP contribution in [0.15, 0.2) is 42.4 Å². The number of hydrogen-bond acceptors (Lipinski definition) is 8. The molecule has 1 atom stereocenters. The van der Waals surface area contributed by atoms with Crippen LogP contribution in [-0.4, -0.2) is 33.5 Å². The quantitative estimate of drug-likeness (QED) is 0.263. The molecule has 2 aliphatic rings. The Morgan fingerprint density at radius 3 is 2.56 bits per heavy atom. The van der Waals surface area contributed by atoms with Crippen molar-refractivity contribution >= 4 is 22.3 Å². The van der Waals surface area contributed by atoms with Gasteiger partial charge in [0, 0.05) is 47.0 Å². The zero-order chi connectivity index (χ0) is 29.5. The molecule has 0 radical (unpaired) electrons. The Morgan fingerprint density at radius 2 is 1.95 bits per heavy atom. The standard InChI is InChI=1S/C31H34F2N8/c1-7-20-15-35-27-21(14-34)12-22(13-24(27)26(20)36-17-30(4,5)6)38-28(23-9-8-18(2)37-19(23)3)25-16-41(40-39-25)31(10-11-31)29(32)33/h1,8-9,12-13,15-16,28-29,38-40H,10-11,17H2,2-6H3,(H,35,36)/t28-/m0/s1. The number of anilines is 2. The third kappa shape index (κ3) is 5.48. The van der Waals surface area contributed by atoms with Crippen molar-refractivity contribution in [3.63, 3.8) is 0 Å². The lowest BCUT2D eigenvalue weighted by Crippen LogP contribution is -2.48. The number of terminal acetylenes is 1. The number of nitrogens with one attached hydrogen (secondary N) is 4. The third-order valence-corrected chi connectivity index (χ3v) is 7.48. The number of nitriles is 1. The van der Waals surface area contributed by atoms with Crippen LogP contribution in [-0.2, 0) is 0 Å². The lowest BCUT2D eigenvalue weighted by Gasteiger charge is -2.25. The molecule has 1 aliphatic carbocycles. The maximum Gasteiger partial charge on any atom is 0.262 e. The molecule has 0 bridgehead atoms. The fourth-order valence-corrected chi connectivity index (χ4v) is 5.02. The van der Waals surface area contributed by atoms with Gasteiger partial charge in [0.15, 0.2) is 0 Å². The van der Waals surface area contributed by atoms with Crippen LogP contribution in [0.2, 0.25) is 0 Å². The molecule has 3 aromatic rings. The molecule has 5 rings (SSSR count). The number of nitrogens with zero attached hydrogens (tertiary/aromatic N) is 4. The van der Waals surface area contributed by atoms with E-state index in [9.17, 15) is 14.0 Å². The molecule has 10 heteroatoms. The van der Waals surface area contributed by atoms with Gasteiger partial charge in [-0.3, -0.25) is 15.0 Å². The summed E-state index contributed by atoms with van der Waals surface area (Å²) in [6.07, 6.45) is 7.44. The van der Waals surface area contributed by atoms with E-state index in [1.165, 1.54) is 5.01 Å². The molecule has 2 aromatic heterocycles. The van der Waals surface area contributed by atoms with Gasteiger partial charge in [0.2, 0.25) is 0 Å². The zero-order valence-electron chi connectivity index (χ0n) is 23.9. The van der Waals surface area contributed by atoms with E-state index in [1.807, 2.05) is 32.0 Å². The summed E-state index contributed by atoms with van der Waals surface area (Å²) in [6, 6.07) is 9.32. The first-order valence-electron chi connectivity index (χ1n) is 13.5. The number of halogens is 2. The molecule has 0 unspecified atom stereocenters. The first-order chi connectivity index (χ1) is 19.5. The van der Waals surface area contributed by atoms with E-state index in [-0.39, 0.29) is 5.41 Å². The number of aromatic nitrogens is 2. The lowest BCUT2D eigenvalue weighted by molar-refractivity contribution is 0.00911. The highest BCUT2D eigenvalue weighted by Gasteiger charge is 2.56. The molecule has 1 saturated carbocycles. The van der Waals surface area contributed by atoms with Crippen LogP contribution in [0.1, 0.15) is 67.7 Å². The van der Waals surface area contributed by atoms with Crippen molar-refractivity contribution in [2.45, 2.75) is 65.5 Å². The van der Waals surface area contributed by atoms with Crippen LogP contribution in [0.5, 0.6) is 0 Å².